The van der Waals surface area contributed by atoms with Crippen molar-refractivity contribution in [2.75, 3.05) is 6.61 Å². The smallest absolute Gasteiger partial charge is 0.332 e. The summed E-state index contributed by atoms with van der Waals surface area (Å²) in [7, 11) is 0. The molecule has 3 nitrogen and oxygen atoms in total. The monoisotopic (exact) mass is 350 g/mol. The van der Waals surface area contributed by atoms with Crippen LogP contribution in [-0.4, -0.2) is 24.3 Å². The quantitative estimate of drug-likeness (QED) is 0.597. The topological polar surface area (TPSA) is 35.5 Å². The van der Waals surface area contributed by atoms with E-state index in [1.807, 2.05) is 20.8 Å². The predicted molar refractivity (Wildman–Crippen MR) is 104 cm³/mol. The largest absolute Gasteiger partial charge is 0.458 e. The summed E-state index contributed by atoms with van der Waals surface area (Å²) in [4.78, 5) is 11.8. The first-order chi connectivity index (χ1) is 11.2. The lowest BCUT2D eigenvalue weighted by molar-refractivity contribution is -0.161. The second-order valence-electron chi connectivity index (χ2n) is 10.4. The number of rotatable bonds is 5. The molecule has 1 aliphatic rings. The molecule has 3 heteroatoms. The highest BCUT2D eigenvalue weighted by molar-refractivity contribution is 5.71. The summed E-state index contributed by atoms with van der Waals surface area (Å²) in [6.07, 6.45) is 8.46. The summed E-state index contributed by atoms with van der Waals surface area (Å²) in [5.74, 6) is 0.200. The molecule has 0 saturated carbocycles. The van der Waals surface area contributed by atoms with E-state index in [9.17, 15) is 4.79 Å². The predicted octanol–water partition coefficient (Wildman–Crippen LogP) is 5.70. The van der Waals surface area contributed by atoms with Crippen molar-refractivity contribution in [2.45, 2.75) is 86.9 Å². The zero-order valence-electron chi connectivity index (χ0n) is 17.7. The van der Waals surface area contributed by atoms with E-state index in [0.29, 0.717) is 5.92 Å². The second-order valence-corrected chi connectivity index (χ2v) is 10.4. The molecule has 1 aliphatic carbocycles. The van der Waals surface area contributed by atoms with Gasteiger partial charge in [-0.2, -0.15) is 0 Å². The van der Waals surface area contributed by atoms with Crippen LogP contribution in [0.5, 0.6) is 0 Å². The van der Waals surface area contributed by atoms with Crippen LogP contribution >= 0.6 is 0 Å². The van der Waals surface area contributed by atoms with Crippen LogP contribution < -0.4 is 0 Å². The zero-order chi connectivity index (χ0) is 19.5. The van der Waals surface area contributed by atoms with Gasteiger partial charge in [0.2, 0.25) is 0 Å². The van der Waals surface area contributed by atoms with Gasteiger partial charge in [-0.1, -0.05) is 59.8 Å². The number of carbonyl (C=O) groups excluding carboxylic acids is 1. The Morgan fingerprint density at radius 1 is 1.12 bits per heavy atom. The van der Waals surface area contributed by atoms with Gasteiger partial charge in [-0.15, -0.1) is 0 Å². The fraction of sp³-hybridized carbons (Fsp3) is 0.773. The minimum atomic E-state index is -0.469. The van der Waals surface area contributed by atoms with Gasteiger partial charge in [0.1, 0.15) is 12.2 Å². The Labute approximate surface area is 154 Å². The molecule has 0 N–H and O–H groups in total. The molecule has 0 aromatic heterocycles. The van der Waals surface area contributed by atoms with E-state index >= 15 is 0 Å². The van der Waals surface area contributed by atoms with Crippen molar-refractivity contribution in [2.24, 2.45) is 16.7 Å². The lowest BCUT2D eigenvalue weighted by Gasteiger charge is -2.37. The Balaban J connectivity index is 2.63. The van der Waals surface area contributed by atoms with Gasteiger partial charge in [-0.05, 0) is 55.9 Å². The fourth-order valence-electron chi connectivity index (χ4n) is 3.08. The fourth-order valence-corrected chi connectivity index (χ4v) is 3.08. The molecule has 0 fully saturated rings. The van der Waals surface area contributed by atoms with E-state index in [-0.39, 0.29) is 29.5 Å². The Morgan fingerprint density at radius 3 is 2.12 bits per heavy atom. The van der Waals surface area contributed by atoms with Gasteiger partial charge in [0.15, 0.2) is 0 Å². The van der Waals surface area contributed by atoms with Crippen molar-refractivity contribution in [1.29, 1.82) is 0 Å². The van der Waals surface area contributed by atoms with Crippen molar-refractivity contribution >= 4 is 5.97 Å². The number of allylic oxidation sites excluding steroid dienone is 2. The van der Waals surface area contributed by atoms with Crippen molar-refractivity contribution in [1.82, 2.24) is 0 Å². The summed E-state index contributed by atoms with van der Waals surface area (Å²) < 4.78 is 11.0. The zero-order valence-corrected chi connectivity index (χ0v) is 17.7. The molecule has 0 saturated heterocycles. The molecule has 25 heavy (non-hydrogen) atoms. The van der Waals surface area contributed by atoms with E-state index < -0.39 is 5.60 Å². The normalized spacial score (nSPS) is 20.2. The van der Waals surface area contributed by atoms with Gasteiger partial charge in [-0.25, -0.2) is 4.79 Å². The maximum Gasteiger partial charge on any atom is 0.332 e. The van der Waals surface area contributed by atoms with Crippen LogP contribution in [0.15, 0.2) is 23.8 Å². The minimum Gasteiger partial charge on any atom is -0.458 e. The average Bonchev–Trinajstić information content (AvgIpc) is 2.39. The molecule has 0 aromatic carbocycles. The van der Waals surface area contributed by atoms with Gasteiger partial charge in [0, 0.05) is 0 Å². The molecule has 144 valence electrons. The summed E-state index contributed by atoms with van der Waals surface area (Å²) in [6, 6.07) is 0. The number of ether oxygens (including phenoxy) is 2. The third kappa shape index (κ3) is 8.71. The molecular formula is C22H38O3. The molecule has 2 unspecified atom stereocenters. The molecule has 0 radical (unpaired) electrons. The average molecular weight is 351 g/mol. The Hall–Kier alpha value is -1.09. The highest BCUT2D eigenvalue weighted by atomic mass is 16.6. The summed E-state index contributed by atoms with van der Waals surface area (Å²) in [6.45, 7) is 19.4. The number of hydrogen-bond acceptors (Lipinski definition) is 3. The minimum absolute atomic E-state index is 0.000139. The summed E-state index contributed by atoms with van der Waals surface area (Å²) in [5.41, 5.74) is 1.42. The standard InChI is InChI=1S/C22H38O3/c1-20(2,3)14-18(21(4,5)6)16-10-12-17(13-11-16)24-15-19(23)25-22(7,8)9/h10-12,17-18H,13-15H2,1-9H3. The molecule has 0 heterocycles. The molecule has 0 bridgehead atoms. The van der Waals surface area contributed by atoms with Crippen LogP contribution in [0.3, 0.4) is 0 Å². The third-order valence-electron chi connectivity index (χ3n) is 4.19. The van der Waals surface area contributed by atoms with Crippen molar-refractivity contribution in [3.8, 4) is 0 Å². The first-order valence-electron chi connectivity index (χ1n) is 9.39. The first kappa shape index (κ1) is 22.0. The highest BCUT2D eigenvalue weighted by Crippen LogP contribution is 2.41. The maximum atomic E-state index is 11.8. The Kier molecular flexibility index (Phi) is 7.09. The molecule has 1 rings (SSSR count). The molecule has 2 atom stereocenters. The molecule has 0 amide bonds. The van der Waals surface area contributed by atoms with Crippen LogP contribution in [0.4, 0.5) is 0 Å². The second kappa shape index (κ2) is 8.07. The van der Waals surface area contributed by atoms with Gasteiger partial charge < -0.3 is 9.47 Å². The van der Waals surface area contributed by atoms with Gasteiger partial charge in [-0.3, -0.25) is 0 Å². The summed E-state index contributed by atoms with van der Waals surface area (Å²) >= 11 is 0. The number of hydrogen-bond donors (Lipinski definition) is 0. The SMILES string of the molecule is CC(C)(C)CC(C1=CCC(OCC(=O)OC(C)(C)C)C=C1)C(C)(C)C. The highest BCUT2D eigenvalue weighted by Gasteiger charge is 2.31. The van der Waals surface area contributed by atoms with Crippen molar-refractivity contribution < 1.29 is 14.3 Å². The number of esters is 1. The van der Waals surface area contributed by atoms with E-state index in [1.165, 1.54) is 5.57 Å². The molecular weight excluding hydrogens is 312 g/mol. The Bertz CT molecular complexity index is 507. The molecule has 0 aliphatic heterocycles. The Morgan fingerprint density at radius 2 is 1.72 bits per heavy atom. The van der Waals surface area contributed by atoms with Crippen LogP contribution in [0, 0.1) is 16.7 Å². The van der Waals surface area contributed by atoms with Crippen LogP contribution in [-0.2, 0) is 14.3 Å². The lowest BCUT2D eigenvalue weighted by Crippen LogP contribution is -2.29. The van der Waals surface area contributed by atoms with Gasteiger partial charge in [0.05, 0.1) is 6.10 Å². The van der Waals surface area contributed by atoms with Crippen LogP contribution in [0.25, 0.3) is 0 Å². The van der Waals surface area contributed by atoms with Crippen molar-refractivity contribution in [3.63, 3.8) is 0 Å². The third-order valence-corrected chi connectivity index (χ3v) is 4.19. The van der Waals surface area contributed by atoms with E-state index in [2.05, 4.69) is 59.8 Å². The molecule has 0 spiro atoms. The van der Waals surface area contributed by atoms with Gasteiger partial charge in [0.25, 0.3) is 0 Å². The van der Waals surface area contributed by atoms with Gasteiger partial charge >= 0.3 is 5.97 Å². The maximum absolute atomic E-state index is 11.8. The number of carbonyl (C=O) groups is 1. The lowest BCUT2D eigenvalue weighted by atomic mass is 9.68. The van der Waals surface area contributed by atoms with E-state index in [0.717, 1.165) is 12.8 Å². The van der Waals surface area contributed by atoms with Crippen LogP contribution in [0.1, 0.15) is 75.2 Å². The first-order valence-corrected chi connectivity index (χ1v) is 9.39. The van der Waals surface area contributed by atoms with E-state index in [4.69, 9.17) is 9.47 Å². The molecule has 0 aromatic rings. The van der Waals surface area contributed by atoms with Crippen LogP contribution in [0.2, 0.25) is 0 Å². The summed E-state index contributed by atoms with van der Waals surface area (Å²) in [5, 5.41) is 0. The van der Waals surface area contributed by atoms with E-state index in [1.54, 1.807) is 0 Å². The van der Waals surface area contributed by atoms with Crippen molar-refractivity contribution in [3.05, 3.63) is 23.8 Å².